The van der Waals surface area contributed by atoms with Crippen LogP contribution < -0.4 is 5.32 Å². The van der Waals surface area contributed by atoms with Gasteiger partial charge in [-0.15, -0.1) is 0 Å². The van der Waals surface area contributed by atoms with Crippen molar-refractivity contribution in [1.29, 1.82) is 0 Å². The third kappa shape index (κ3) is 4.37. The van der Waals surface area contributed by atoms with E-state index >= 15 is 0 Å². The predicted molar refractivity (Wildman–Crippen MR) is 61.3 cm³/mol. The second-order valence-corrected chi connectivity index (χ2v) is 5.07. The number of hydrogen-bond acceptors (Lipinski definition) is 4. The van der Waals surface area contributed by atoms with Gasteiger partial charge in [0.2, 0.25) is 0 Å². The molecule has 0 aromatic carbocycles. The molecule has 1 atom stereocenters. The third-order valence-corrected chi connectivity index (χ3v) is 2.39. The first-order chi connectivity index (χ1) is 7.41. The van der Waals surface area contributed by atoms with Crippen LogP contribution in [-0.4, -0.2) is 54.5 Å². The summed E-state index contributed by atoms with van der Waals surface area (Å²) < 4.78 is 5.14. The van der Waals surface area contributed by atoms with Crippen molar-refractivity contribution in [2.24, 2.45) is 5.92 Å². The van der Waals surface area contributed by atoms with E-state index in [4.69, 9.17) is 4.74 Å². The van der Waals surface area contributed by atoms with E-state index in [-0.39, 0.29) is 6.09 Å². The molecule has 5 heteroatoms. The predicted octanol–water partition coefficient (Wildman–Crippen LogP) is 0.435. The molecule has 1 saturated heterocycles. The van der Waals surface area contributed by atoms with Crippen LogP contribution >= 0.6 is 0 Å². The Balaban J connectivity index is 2.47. The standard InChI is InChI=1S/C11H22N2O3/c1-9(2)6-16-10(14)13-5-4-12-7-11(3,15)8-13/h9,12,15H,4-8H2,1-3H3. The zero-order chi connectivity index (χ0) is 12.2. The second kappa shape index (κ2) is 5.50. The summed E-state index contributed by atoms with van der Waals surface area (Å²) in [5.74, 6) is 0.328. The van der Waals surface area contributed by atoms with E-state index in [9.17, 15) is 9.90 Å². The average molecular weight is 230 g/mol. The number of aliphatic hydroxyl groups is 1. The minimum Gasteiger partial charge on any atom is -0.449 e. The maximum atomic E-state index is 11.7. The molecule has 1 unspecified atom stereocenters. The highest BCUT2D eigenvalue weighted by Crippen LogP contribution is 2.09. The van der Waals surface area contributed by atoms with Gasteiger partial charge in [-0.05, 0) is 12.8 Å². The molecule has 1 rings (SSSR count). The molecule has 2 N–H and O–H groups in total. The monoisotopic (exact) mass is 230 g/mol. The van der Waals surface area contributed by atoms with Crippen molar-refractivity contribution in [2.45, 2.75) is 26.4 Å². The van der Waals surface area contributed by atoms with E-state index < -0.39 is 5.60 Å². The summed E-state index contributed by atoms with van der Waals surface area (Å²) in [7, 11) is 0. The molecule has 0 saturated carbocycles. The van der Waals surface area contributed by atoms with Crippen LogP contribution in [0.25, 0.3) is 0 Å². The molecular weight excluding hydrogens is 208 g/mol. The lowest BCUT2D eigenvalue weighted by Crippen LogP contribution is -2.45. The van der Waals surface area contributed by atoms with Crippen LogP contribution in [0.2, 0.25) is 0 Å². The van der Waals surface area contributed by atoms with Crippen LogP contribution in [0.3, 0.4) is 0 Å². The molecule has 1 heterocycles. The number of β-amino-alcohol motifs (C(OH)–C–C–N with tert-alkyl or cyclic N) is 1. The lowest BCUT2D eigenvalue weighted by atomic mass is 10.1. The first-order valence-corrected chi connectivity index (χ1v) is 5.75. The highest BCUT2D eigenvalue weighted by Gasteiger charge is 2.29. The van der Waals surface area contributed by atoms with Crippen molar-refractivity contribution in [3.63, 3.8) is 0 Å². The van der Waals surface area contributed by atoms with E-state index in [1.807, 2.05) is 13.8 Å². The maximum absolute atomic E-state index is 11.7. The topological polar surface area (TPSA) is 61.8 Å². The van der Waals surface area contributed by atoms with Crippen molar-refractivity contribution >= 4 is 6.09 Å². The Hall–Kier alpha value is -0.810. The highest BCUT2D eigenvalue weighted by atomic mass is 16.6. The van der Waals surface area contributed by atoms with Crippen LogP contribution in [0.15, 0.2) is 0 Å². The maximum Gasteiger partial charge on any atom is 0.409 e. The summed E-state index contributed by atoms with van der Waals surface area (Å²) in [6.07, 6.45) is -0.335. The van der Waals surface area contributed by atoms with Crippen LogP contribution in [0, 0.1) is 5.92 Å². The lowest BCUT2D eigenvalue weighted by Gasteiger charge is -2.27. The molecule has 0 radical (unpaired) electrons. The lowest BCUT2D eigenvalue weighted by molar-refractivity contribution is 0.0255. The SMILES string of the molecule is CC(C)COC(=O)N1CCNCC(C)(O)C1. The average Bonchev–Trinajstić information content (AvgIpc) is 2.35. The normalized spacial score (nSPS) is 26.7. The number of amides is 1. The number of ether oxygens (including phenoxy) is 1. The Morgan fingerprint density at radius 3 is 2.94 bits per heavy atom. The molecule has 0 aromatic heterocycles. The number of carbonyl (C=O) groups excluding carboxylic acids is 1. The molecule has 0 aromatic rings. The van der Waals surface area contributed by atoms with Gasteiger partial charge < -0.3 is 20.1 Å². The molecule has 5 nitrogen and oxygen atoms in total. The zero-order valence-electron chi connectivity index (χ0n) is 10.3. The van der Waals surface area contributed by atoms with Gasteiger partial charge >= 0.3 is 6.09 Å². The van der Waals surface area contributed by atoms with E-state index in [0.717, 1.165) is 0 Å². The minimum absolute atomic E-state index is 0.316. The van der Waals surface area contributed by atoms with Gasteiger partial charge in [0.05, 0.1) is 18.8 Å². The van der Waals surface area contributed by atoms with Gasteiger partial charge in [-0.25, -0.2) is 4.79 Å². The van der Waals surface area contributed by atoms with E-state index in [1.54, 1.807) is 11.8 Å². The molecule has 0 spiro atoms. The summed E-state index contributed by atoms with van der Waals surface area (Å²) in [6, 6.07) is 0. The Kier molecular flexibility index (Phi) is 4.56. The summed E-state index contributed by atoms with van der Waals surface area (Å²) in [5, 5.41) is 13.0. The van der Waals surface area contributed by atoms with Crippen molar-refractivity contribution in [3.8, 4) is 0 Å². The first-order valence-electron chi connectivity index (χ1n) is 5.75. The fraction of sp³-hybridized carbons (Fsp3) is 0.909. The van der Waals surface area contributed by atoms with Gasteiger partial charge in [0, 0.05) is 19.6 Å². The molecule has 1 amide bonds. The summed E-state index contributed by atoms with van der Waals surface area (Å²) in [6.45, 7) is 8.21. The van der Waals surface area contributed by atoms with Crippen LogP contribution in [0.5, 0.6) is 0 Å². The summed E-state index contributed by atoms with van der Waals surface area (Å²) >= 11 is 0. The van der Waals surface area contributed by atoms with Crippen LogP contribution in [-0.2, 0) is 4.74 Å². The highest BCUT2D eigenvalue weighted by molar-refractivity contribution is 5.67. The summed E-state index contributed by atoms with van der Waals surface area (Å²) in [5.41, 5.74) is -0.882. The van der Waals surface area contributed by atoms with E-state index in [2.05, 4.69) is 5.32 Å². The second-order valence-electron chi connectivity index (χ2n) is 5.07. The van der Waals surface area contributed by atoms with E-state index in [0.29, 0.717) is 38.7 Å². The molecule has 0 bridgehead atoms. The van der Waals surface area contributed by atoms with Crippen LogP contribution in [0.1, 0.15) is 20.8 Å². The first kappa shape index (κ1) is 13.3. The van der Waals surface area contributed by atoms with Crippen LogP contribution in [0.4, 0.5) is 4.79 Å². The fourth-order valence-electron chi connectivity index (χ4n) is 1.60. The molecule has 1 fully saturated rings. The Morgan fingerprint density at radius 1 is 1.62 bits per heavy atom. The summed E-state index contributed by atoms with van der Waals surface area (Å²) in [4.78, 5) is 13.3. The number of rotatable bonds is 2. The number of hydrogen-bond donors (Lipinski definition) is 2. The van der Waals surface area contributed by atoms with Gasteiger partial charge in [0.25, 0.3) is 0 Å². The van der Waals surface area contributed by atoms with E-state index in [1.165, 1.54) is 0 Å². The largest absolute Gasteiger partial charge is 0.449 e. The molecule has 94 valence electrons. The van der Waals surface area contributed by atoms with Gasteiger partial charge in [-0.3, -0.25) is 0 Å². The number of nitrogens with one attached hydrogen (secondary N) is 1. The van der Waals surface area contributed by atoms with Gasteiger partial charge in [0.1, 0.15) is 0 Å². The minimum atomic E-state index is -0.882. The molecule has 1 aliphatic rings. The molecular formula is C11H22N2O3. The van der Waals surface area contributed by atoms with Crippen molar-refractivity contribution < 1.29 is 14.6 Å². The zero-order valence-corrected chi connectivity index (χ0v) is 10.3. The fourth-order valence-corrected chi connectivity index (χ4v) is 1.60. The third-order valence-electron chi connectivity index (χ3n) is 2.39. The van der Waals surface area contributed by atoms with Gasteiger partial charge in [-0.2, -0.15) is 0 Å². The van der Waals surface area contributed by atoms with Crippen molar-refractivity contribution in [3.05, 3.63) is 0 Å². The number of carbonyl (C=O) groups is 1. The molecule has 0 aliphatic carbocycles. The van der Waals surface area contributed by atoms with Gasteiger partial charge in [-0.1, -0.05) is 13.8 Å². The Morgan fingerprint density at radius 2 is 2.31 bits per heavy atom. The van der Waals surface area contributed by atoms with Gasteiger partial charge in [0.15, 0.2) is 0 Å². The quantitative estimate of drug-likeness (QED) is 0.722. The Labute approximate surface area is 96.8 Å². The smallest absolute Gasteiger partial charge is 0.409 e. The molecule has 1 aliphatic heterocycles. The van der Waals surface area contributed by atoms with Crippen molar-refractivity contribution in [2.75, 3.05) is 32.8 Å². The molecule has 16 heavy (non-hydrogen) atoms. The number of nitrogens with zero attached hydrogens (tertiary/aromatic N) is 1. The van der Waals surface area contributed by atoms with Crippen molar-refractivity contribution in [1.82, 2.24) is 10.2 Å². The Bertz CT molecular complexity index is 241.